The number of nitrogens with zero attached hydrogens (tertiary/aromatic N) is 1. The van der Waals surface area contributed by atoms with Gasteiger partial charge in [0.15, 0.2) is 16.6 Å². The molecule has 8 heteroatoms. The Balaban J connectivity index is 1.38. The normalized spacial score (nSPS) is 12.4. The van der Waals surface area contributed by atoms with Crippen LogP contribution in [0, 0.1) is 0 Å². The first-order valence-corrected chi connectivity index (χ1v) is 9.11. The Morgan fingerprint density at radius 1 is 1.08 bits per heavy atom. The Morgan fingerprint density at radius 2 is 1.96 bits per heavy atom. The Hall–Kier alpha value is -1.99. The molecule has 5 nitrogen and oxygen atoms in total. The Morgan fingerprint density at radius 3 is 2.84 bits per heavy atom. The van der Waals surface area contributed by atoms with E-state index in [4.69, 9.17) is 32.7 Å². The molecule has 0 spiro atoms. The zero-order chi connectivity index (χ0) is 17.2. The number of benzene rings is 2. The molecule has 25 heavy (non-hydrogen) atoms. The fraction of sp³-hybridized carbons (Fsp3) is 0.118. The third-order valence-corrected chi connectivity index (χ3v) is 4.94. The topological polar surface area (TPSA) is 55.4 Å². The second kappa shape index (κ2) is 7.09. The van der Waals surface area contributed by atoms with Crippen molar-refractivity contribution in [3.05, 3.63) is 57.4 Å². The van der Waals surface area contributed by atoms with Crippen molar-refractivity contribution in [2.24, 2.45) is 0 Å². The standard InChI is InChI=1S/C17H13Cl2N3O2S/c18-11-2-3-12(13(19)6-11)14-8-25-17(21-14)22-20-7-10-1-4-15-16(5-10)24-9-23-15/h1-6,8,20H,7,9H2,(H,21,22). The molecule has 0 unspecified atom stereocenters. The number of halogens is 2. The molecule has 0 fully saturated rings. The van der Waals surface area contributed by atoms with E-state index in [9.17, 15) is 0 Å². The molecule has 4 rings (SSSR count). The van der Waals surface area contributed by atoms with Gasteiger partial charge in [0.05, 0.1) is 10.7 Å². The summed E-state index contributed by atoms with van der Waals surface area (Å²) >= 11 is 13.6. The molecule has 2 N–H and O–H groups in total. The second-order valence-electron chi connectivity index (χ2n) is 5.33. The maximum absolute atomic E-state index is 6.23. The van der Waals surface area contributed by atoms with Crippen molar-refractivity contribution in [3.63, 3.8) is 0 Å². The molecule has 0 aliphatic carbocycles. The van der Waals surface area contributed by atoms with Crippen LogP contribution in [0.15, 0.2) is 41.8 Å². The summed E-state index contributed by atoms with van der Waals surface area (Å²) < 4.78 is 10.7. The van der Waals surface area contributed by atoms with Crippen molar-refractivity contribution in [1.29, 1.82) is 0 Å². The van der Waals surface area contributed by atoms with Crippen LogP contribution in [0.3, 0.4) is 0 Å². The lowest BCUT2D eigenvalue weighted by Crippen LogP contribution is -2.20. The van der Waals surface area contributed by atoms with Crippen molar-refractivity contribution in [1.82, 2.24) is 10.4 Å². The molecule has 0 atom stereocenters. The number of hydrazine groups is 1. The highest BCUT2D eigenvalue weighted by Crippen LogP contribution is 2.33. The van der Waals surface area contributed by atoms with Gasteiger partial charge in [0, 0.05) is 22.5 Å². The molecular formula is C17H13Cl2N3O2S. The van der Waals surface area contributed by atoms with Crippen molar-refractivity contribution in [3.8, 4) is 22.8 Å². The summed E-state index contributed by atoms with van der Waals surface area (Å²) in [6.45, 7) is 0.896. The molecule has 1 aromatic heterocycles. The van der Waals surface area contributed by atoms with Crippen molar-refractivity contribution < 1.29 is 9.47 Å². The van der Waals surface area contributed by atoms with Crippen molar-refractivity contribution >= 4 is 39.7 Å². The van der Waals surface area contributed by atoms with Crippen molar-refractivity contribution in [2.45, 2.75) is 6.54 Å². The minimum Gasteiger partial charge on any atom is -0.454 e. The smallest absolute Gasteiger partial charge is 0.231 e. The lowest BCUT2D eigenvalue weighted by atomic mass is 10.2. The van der Waals surface area contributed by atoms with E-state index in [0.29, 0.717) is 16.6 Å². The van der Waals surface area contributed by atoms with Crippen LogP contribution in [-0.4, -0.2) is 11.8 Å². The van der Waals surface area contributed by atoms with Gasteiger partial charge in [0.1, 0.15) is 0 Å². The maximum Gasteiger partial charge on any atom is 0.231 e. The average molecular weight is 394 g/mol. The summed E-state index contributed by atoms with van der Waals surface area (Å²) in [5.74, 6) is 1.55. The molecule has 3 aromatic rings. The average Bonchev–Trinajstić information content (AvgIpc) is 3.23. The van der Waals surface area contributed by atoms with Gasteiger partial charge in [0.25, 0.3) is 0 Å². The first-order valence-electron chi connectivity index (χ1n) is 7.47. The van der Waals surface area contributed by atoms with Crippen LogP contribution >= 0.6 is 34.5 Å². The van der Waals surface area contributed by atoms with Crippen LogP contribution in [0.4, 0.5) is 5.13 Å². The maximum atomic E-state index is 6.23. The zero-order valence-electron chi connectivity index (χ0n) is 12.9. The van der Waals surface area contributed by atoms with E-state index in [-0.39, 0.29) is 6.79 Å². The first-order chi connectivity index (χ1) is 12.2. The zero-order valence-corrected chi connectivity index (χ0v) is 15.2. The lowest BCUT2D eigenvalue weighted by molar-refractivity contribution is 0.174. The van der Waals surface area contributed by atoms with E-state index in [0.717, 1.165) is 33.5 Å². The van der Waals surface area contributed by atoms with E-state index in [2.05, 4.69) is 15.8 Å². The van der Waals surface area contributed by atoms with Gasteiger partial charge in [-0.3, -0.25) is 5.43 Å². The summed E-state index contributed by atoms with van der Waals surface area (Å²) in [5, 5.41) is 3.88. The summed E-state index contributed by atoms with van der Waals surface area (Å²) in [7, 11) is 0. The number of ether oxygens (including phenoxy) is 2. The van der Waals surface area contributed by atoms with Gasteiger partial charge in [-0.1, -0.05) is 29.3 Å². The van der Waals surface area contributed by atoms with Crippen LogP contribution in [-0.2, 0) is 6.54 Å². The molecule has 0 saturated carbocycles. The molecule has 128 valence electrons. The molecule has 2 aromatic carbocycles. The minimum atomic E-state index is 0.277. The second-order valence-corrected chi connectivity index (χ2v) is 7.03. The molecule has 0 saturated heterocycles. The van der Waals surface area contributed by atoms with E-state index in [1.807, 2.05) is 29.6 Å². The van der Waals surface area contributed by atoms with E-state index < -0.39 is 0 Å². The van der Waals surface area contributed by atoms with Gasteiger partial charge in [0.2, 0.25) is 6.79 Å². The van der Waals surface area contributed by atoms with Crippen LogP contribution in [0.25, 0.3) is 11.3 Å². The number of fused-ring (bicyclic) bond motifs is 1. The molecule has 0 radical (unpaired) electrons. The molecule has 0 bridgehead atoms. The summed E-state index contributed by atoms with van der Waals surface area (Å²) in [6.07, 6.45) is 0. The Bertz CT molecular complexity index is 917. The van der Waals surface area contributed by atoms with Crippen molar-refractivity contribution in [2.75, 3.05) is 12.2 Å². The predicted molar refractivity (Wildman–Crippen MR) is 101 cm³/mol. The van der Waals surface area contributed by atoms with Gasteiger partial charge in [-0.25, -0.2) is 10.4 Å². The summed E-state index contributed by atoms with van der Waals surface area (Å²) in [6, 6.07) is 11.2. The molecule has 1 aliphatic heterocycles. The monoisotopic (exact) mass is 393 g/mol. The van der Waals surface area contributed by atoms with Gasteiger partial charge in [-0.05, 0) is 35.9 Å². The van der Waals surface area contributed by atoms with Gasteiger partial charge in [-0.15, -0.1) is 11.3 Å². The van der Waals surface area contributed by atoms with Gasteiger partial charge in [-0.2, -0.15) is 0 Å². The highest BCUT2D eigenvalue weighted by atomic mass is 35.5. The summed E-state index contributed by atoms with van der Waals surface area (Å²) in [4.78, 5) is 4.53. The van der Waals surface area contributed by atoms with Crippen LogP contribution in [0.5, 0.6) is 11.5 Å². The Labute approximate surface area is 158 Å². The molecule has 1 aliphatic rings. The number of aromatic nitrogens is 1. The summed E-state index contributed by atoms with van der Waals surface area (Å²) in [5.41, 5.74) is 8.98. The lowest BCUT2D eigenvalue weighted by Gasteiger charge is -2.06. The quantitative estimate of drug-likeness (QED) is 0.599. The molecule has 2 heterocycles. The largest absolute Gasteiger partial charge is 0.454 e. The SMILES string of the molecule is Clc1ccc(-c2csc(NNCc3ccc4c(c3)OCO4)n2)c(Cl)c1. The third kappa shape index (κ3) is 3.67. The Kier molecular flexibility index (Phi) is 4.67. The number of thiazole rings is 1. The van der Waals surface area contributed by atoms with Gasteiger partial charge >= 0.3 is 0 Å². The van der Waals surface area contributed by atoms with Crippen LogP contribution < -0.4 is 20.3 Å². The highest BCUT2D eigenvalue weighted by Gasteiger charge is 2.13. The van der Waals surface area contributed by atoms with Crippen LogP contribution in [0.1, 0.15) is 5.56 Å². The van der Waals surface area contributed by atoms with E-state index in [1.165, 1.54) is 11.3 Å². The highest BCUT2D eigenvalue weighted by molar-refractivity contribution is 7.14. The predicted octanol–water partition coefficient (Wildman–Crippen LogP) is 4.96. The van der Waals surface area contributed by atoms with Gasteiger partial charge < -0.3 is 9.47 Å². The van der Waals surface area contributed by atoms with E-state index in [1.54, 1.807) is 12.1 Å². The van der Waals surface area contributed by atoms with Crippen LogP contribution in [0.2, 0.25) is 10.0 Å². The number of anilines is 1. The fourth-order valence-electron chi connectivity index (χ4n) is 2.42. The fourth-order valence-corrected chi connectivity index (χ4v) is 3.62. The number of rotatable bonds is 5. The molecular weight excluding hydrogens is 381 g/mol. The van der Waals surface area contributed by atoms with E-state index >= 15 is 0 Å². The number of hydrogen-bond donors (Lipinski definition) is 2. The first kappa shape index (κ1) is 16.5. The third-order valence-electron chi connectivity index (χ3n) is 3.64. The number of nitrogens with one attached hydrogen (secondary N) is 2. The minimum absolute atomic E-state index is 0.277. The number of hydrogen-bond acceptors (Lipinski definition) is 6. The molecule has 0 amide bonds.